The van der Waals surface area contributed by atoms with Crippen LogP contribution in [0.25, 0.3) is 0 Å². The molecule has 3 rings (SSSR count). The maximum absolute atomic E-state index is 12.9. The zero-order valence-corrected chi connectivity index (χ0v) is 17.8. The van der Waals surface area contributed by atoms with Gasteiger partial charge in [0.1, 0.15) is 0 Å². The zero-order valence-electron chi connectivity index (χ0n) is 15.4. The smallest absolute Gasteiger partial charge is 0.289 e. The van der Waals surface area contributed by atoms with Gasteiger partial charge in [0.15, 0.2) is 4.90 Å². The quantitative estimate of drug-likeness (QED) is 0.390. The second kappa shape index (κ2) is 8.70. The molecule has 0 N–H and O–H groups in total. The molecule has 11 heteroatoms. The molecule has 1 saturated heterocycles. The molecule has 8 nitrogen and oxygen atoms in total. The molecule has 1 aliphatic rings. The van der Waals surface area contributed by atoms with Gasteiger partial charge in [0.25, 0.3) is 11.6 Å². The van der Waals surface area contributed by atoms with Crippen LogP contribution in [0.2, 0.25) is 5.02 Å². The summed E-state index contributed by atoms with van der Waals surface area (Å²) in [5.41, 5.74) is -0.0970. The second-order valence-electron chi connectivity index (χ2n) is 6.27. The van der Waals surface area contributed by atoms with Crippen molar-refractivity contribution in [1.29, 1.82) is 0 Å². The molecule has 0 unspecified atom stereocenters. The number of amides is 1. The number of halogens is 1. The molecule has 2 aromatic carbocycles. The van der Waals surface area contributed by atoms with Gasteiger partial charge >= 0.3 is 0 Å². The Bertz CT molecular complexity index is 1050. The van der Waals surface area contributed by atoms with Crippen LogP contribution in [0.5, 0.6) is 0 Å². The molecule has 0 saturated carbocycles. The number of nitro benzene ring substituents is 1. The number of carbonyl (C=O) groups is 1. The highest BCUT2D eigenvalue weighted by molar-refractivity contribution is 7.98. The first-order valence-electron chi connectivity index (χ1n) is 8.62. The average Bonchev–Trinajstić information content (AvgIpc) is 2.73. The number of piperazine rings is 1. The summed E-state index contributed by atoms with van der Waals surface area (Å²) >= 11 is 7.66. The first-order chi connectivity index (χ1) is 13.8. The van der Waals surface area contributed by atoms with E-state index >= 15 is 0 Å². The highest BCUT2D eigenvalue weighted by Gasteiger charge is 2.34. The molecular weight excluding hydrogens is 438 g/mol. The Morgan fingerprint density at radius 2 is 1.79 bits per heavy atom. The van der Waals surface area contributed by atoms with E-state index in [4.69, 9.17) is 11.6 Å². The summed E-state index contributed by atoms with van der Waals surface area (Å²) in [5.74, 6) is -0.270. The molecule has 0 aliphatic carbocycles. The van der Waals surface area contributed by atoms with E-state index in [2.05, 4.69) is 0 Å². The van der Waals surface area contributed by atoms with Crippen molar-refractivity contribution in [2.24, 2.45) is 0 Å². The van der Waals surface area contributed by atoms with Crippen molar-refractivity contribution < 1.29 is 18.1 Å². The summed E-state index contributed by atoms with van der Waals surface area (Å²) < 4.78 is 26.9. The molecular formula is C18H18ClN3O5S2. The lowest BCUT2D eigenvalue weighted by Gasteiger charge is -2.34. The monoisotopic (exact) mass is 455 g/mol. The van der Waals surface area contributed by atoms with Crippen molar-refractivity contribution in [3.8, 4) is 0 Å². The normalized spacial score (nSPS) is 15.3. The van der Waals surface area contributed by atoms with Crippen LogP contribution in [-0.4, -0.2) is 60.9 Å². The largest absolute Gasteiger partial charge is 0.336 e. The van der Waals surface area contributed by atoms with Crippen LogP contribution in [0, 0.1) is 10.1 Å². The van der Waals surface area contributed by atoms with Gasteiger partial charge in [-0.25, -0.2) is 8.42 Å². The Morgan fingerprint density at radius 3 is 2.41 bits per heavy atom. The van der Waals surface area contributed by atoms with Gasteiger partial charge < -0.3 is 4.90 Å². The van der Waals surface area contributed by atoms with Crippen LogP contribution in [0.15, 0.2) is 52.3 Å². The SMILES string of the molecule is CSc1ccc(Cl)c(C(=O)N2CCN(S(=O)(=O)c3ccccc3[N+](=O)[O-])CC2)c1. The summed E-state index contributed by atoms with van der Waals surface area (Å²) in [6, 6.07) is 10.4. The minimum absolute atomic E-state index is 0.0416. The molecule has 154 valence electrons. The van der Waals surface area contributed by atoms with Crippen molar-refractivity contribution in [2.45, 2.75) is 9.79 Å². The number of nitrogens with zero attached hydrogens (tertiary/aromatic N) is 3. The van der Waals surface area contributed by atoms with Gasteiger partial charge in [-0.1, -0.05) is 23.7 Å². The molecule has 29 heavy (non-hydrogen) atoms. The molecule has 1 heterocycles. The number of rotatable bonds is 5. The highest BCUT2D eigenvalue weighted by atomic mass is 35.5. The third kappa shape index (κ3) is 4.40. The van der Waals surface area contributed by atoms with E-state index < -0.39 is 20.6 Å². The fraction of sp³-hybridized carbons (Fsp3) is 0.278. The number of benzene rings is 2. The molecule has 0 radical (unpaired) electrons. The van der Waals surface area contributed by atoms with Gasteiger partial charge in [-0.05, 0) is 30.5 Å². The summed E-state index contributed by atoms with van der Waals surface area (Å²) in [7, 11) is -4.05. The summed E-state index contributed by atoms with van der Waals surface area (Å²) in [6.07, 6.45) is 1.89. The number of hydrogen-bond donors (Lipinski definition) is 0. The van der Waals surface area contributed by atoms with E-state index in [9.17, 15) is 23.3 Å². The molecule has 0 aromatic heterocycles. The number of sulfonamides is 1. The van der Waals surface area contributed by atoms with E-state index in [-0.39, 0.29) is 37.0 Å². The maximum Gasteiger partial charge on any atom is 0.289 e. The molecule has 1 amide bonds. The predicted molar refractivity (Wildman–Crippen MR) is 111 cm³/mol. The van der Waals surface area contributed by atoms with E-state index in [0.29, 0.717) is 10.6 Å². The molecule has 2 aromatic rings. The van der Waals surface area contributed by atoms with E-state index in [1.807, 2.05) is 12.3 Å². The number of hydrogen-bond acceptors (Lipinski definition) is 6. The molecule has 0 atom stereocenters. The van der Waals surface area contributed by atoms with Crippen molar-refractivity contribution in [1.82, 2.24) is 9.21 Å². The number of nitro groups is 1. The standard InChI is InChI=1S/C18H18ClN3O5S2/c1-28-13-6-7-15(19)14(12-13)18(23)20-8-10-21(11-9-20)29(26,27)17-5-3-2-4-16(17)22(24)25/h2-7,12H,8-11H2,1H3. The van der Waals surface area contributed by atoms with Crippen molar-refractivity contribution in [3.63, 3.8) is 0 Å². The van der Waals surface area contributed by atoms with Crippen LogP contribution in [0.1, 0.15) is 10.4 Å². The van der Waals surface area contributed by atoms with Crippen LogP contribution >= 0.6 is 23.4 Å². The van der Waals surface area contributed by atoms with Crippen LogP contribution in [-0.2, 0) is 10.0 Å². The van der Waals surface area contributed by atoms with Gasteiger partial charge in [-0.2, -0.15) is 4.31 Å². The average molecular weight is 456 g/mol. The zero-order chi connectivity index (χ0) is 21.2. The van der Waals surface area contributed by atoms with Crippen molar-refractivity contribution in [2.75, 3.05) is 32.4 Å². The van der Waals surface area contributed by atoms with Gasteiger partial charge in [-0.3, -0.25) is 14.9 Å². The predicted octanol–water partition coefficient (Wildman–Crippen LogP) is 3.12. The second-order valence-corrected chi connectivity index (χ2v) is 9.46. The Morgan fingerprint density at radius 1 is 1.14 bits per heavy atom. The highest BCUT2D eigenvalue weighted by Crippen LogP contribution is 2.28. The molecule has 0 bridgehead atoms. The minimum Gasteiger partial charge on any atom is -0.336 e. The summed E-state index contributed by atoms with van der Waals surface area (Å²) in [5, 5.41) is 11.5. The Labute approximate surface area is 177 Å². The lowest BCUT2D eigenvalue weighted by atomic mass is 10.2. The van der Waals surface area contributed by atoms with E-state index in [1.54, 1.807) is 12.1 Å². The summed E-state index contributed by atoms with van der Waals surface area (Å²) in [6.45, 7) is 0.414. The number of thioether (sulfide) groups is 1. The Hall–Kier alpha value is -2.14. The van der Waals surface area contributed by atoms with E-state index in [0.717, 1.165) is 11.0 Å². The third-order valence-electron chi connectivity index (χ3n) is 4.61. The van der Waals surface area contributed by atoms with E-state index in [1.165, 1.54) is 39.2 Å². The van der Waals surface area contributed by atoms with Crippen LogP contribution in [0.4, 0.5) is 5.69 Å². The first-order valence-corrected chi connectivity index (χ1v) is 11.7. The number of para-hydroxylation sites is 1. The molecule has 1 aliphatic heterocycles. The Kier molecular flexibility index (Phi) is 6.47. The van der Waals surface area contributed by atoms with Gasteiger partial charge in [0.2, 0.25) is 10.0 Å². The van der Waals surface area contributed by atoms with Crippen molar-refractivity contribution >= 4 is 45.0 Å². The minimum atomic E-state index is -4.05. The molecule has 0 spiro atoms. The maximum atomic E-state index is 12.9. The summed E-state index contributed by atoms with van der Waals surface area (Å²) in [4.78, 5) is 25.4. The fourth-order valence-electron chi connectivity index (χ4n) is 3.06. The molecule has 1 fully saturated rings. The third-order valence-corrected chi connectivity index (χ3v) is 7.61. The first kappa shape index (κ1) is 21.6. The van der Waals surface area contributed by atoms with Gasteiger partial charge in [0, 0.05) is 37.1 Å². The fourth-order valence-corrected chi connectivity index (χ4v) is 5.28. The van der Waals surface area contributed by atoms with Gasteiger partial charge in [0.05, 0.1) is 15.5 Å². The van der Waals surface area contributed by atoms with Crippen LogP contribution < -0.4 is 0 Å². The van der Waals surface area contributed by atoms with Crippen LogP contribution in [0.3, 0.4) is 0 Å². The van der Waals surface area contributed by atoms with Crippen molar-refractivity contribution in [3.05, 3.63) is 63.2 Å². The number of carbonyl (C=O) groups excluding carboxylic acids is 1. The Balaban J connectivity index is 1.77. The lowest BCUT2D eigenvalue weighted by Crippen LogP contribution is -2.50. The lowest BCUT2D eigenvalue weighted by molar-refractivity contribution is -0.387. The van der Waals surface area contributed by atoms with Gasteiger partial charge in [-0.15, -0.1) is 11.8 Å². The topological polar surface area (TPSA) is 101 Å².